The van der Waals surface area contributed by atoms with Crippen molar-refractivity contribution in [3.8, 4) is 11.1 Å². The van der Waals surface area contributed by atoms with Crippen LogP contribution >= 0.6 is 0 Å². The summed E-state index contributed by atoms with van der Waals surface area (Å²) in [6.45, 7) is 2.23. The monoisotopic (exact) mass is 318 g/mol. The fraction of sp³-hybridized carbons (Fsp3) is 0.400. The zero-order chi connectivity index (χ0) is 16.4. The molecule has 0 aliphatic heterocycles. The number of alkyl halides is 3. The van der Waals surface area contributed by atoms with Gasteiger partial charge in [-0.2, -0.15) is 13.2 Å². The van der Waals surface area contributed by atoms with E-state index in [1.807, 2.05) is 6.07 Å². The Morgan fingerprint density at radius 3 is 2.30 bits per heavy atom. The summed E-state index contributed by atoms with van der Waals surface area (Å²) < 4.78 is 37.9. The van der Waals surface area contributed by atoms with Crippen molar-refractivity contribution in [2.75, 3.05) is 0 Å². The maximum Gasteiger partial charge on any atom is 0.416 e. The van der Waals surface area contributed by atoms with Crippen molar-refractivity contribution in [3.05, 3.63) is 59.2 Å². The Hall–Kier alpha value is -1.77. The van der Waals surface area contributed by atoms with Crippen molar-refractivity contribution in [1.29, 1.82) is 0 Å². The highest BCUT2D eigenvalue weighted by Gasteiger charge is 2.30. The number of hydrogen-bond donors (Lipinski definition) is 0. The van der Waals surface area contributed by atoms with Gasteiger partial charge in [-0.25, -0.2) is 0 Å². The maximum atomic E-state index is 12.6. The Morgan fingerprint density at radius 1 is 0.957 bits per heavy atom. The van der Waals surface area contributed by atoms with Crippen LogP contribution in [0, 0.1) is 5.92 Å². The molecule has 0 saturated heterocycles. The van der Waals surface area contributed by atoms with E-state index < -0.39 is 11.7 Å². The number of benzene rings is 2. The van der Waals surface area contributed by atoms with E-state index in [0.717, 1.165) is 42.0 Å². The molecule has 1 atom stereocenters. The van der Waals surface area contributed by atoms with E-state index in [9.17, 15) is 13.2 Å². The van der Waals surface area contributed by atoms with Gasteiger partial charge in [0.1, 0.15) is 0 Å². The Kier molecular flexibility index (Phi) is 4.47. The fourth-order valence-electron chi connectivity index (χ4n) is 3.52. The van der Waals surface area contributed by atoms with Gasteiger partial charge in [0.05, 0.1) is 5.56 Å². The molecular formula is C20H21F3. The first kappa shape index (κ1) is 16.1. The maximum absolute atomic E-state index is 12.6. The second-order valence-corrected chi connectivity index (χ2v) is 6.46. The highest BCUT2D eigenvalue weighted by atomic mass is 19.4. The average Bonchev–Trinajstić information content (AvgIpc) is 2.54. The van der Waals surface area contributed by atoms with Crippen LogP contribution in [0.1, 0.15) is 42.9 Å². The van der Waals surface area contributed by atoms with Gasteiger partial charge < -0.3 is 0 Å². The Labute approximate surface area is 135 Å². The SMILES string of the molecule is CCCC1CCc2cc(-c3ccc(C(F)(F)F)cc3)ccc2C1. The van der Waals surface area contributed by atoms with Crippen molar-refractivity contribution in [3.63, 3.8) is 0 Å². The minimum Gasteiger partial charge on any atom is -0.166 e. The second-order valence-electron chi connectivity index (χ2n) is 6.46. The summed E-state index contributed by atoms with van der Waals surface area (Å²) in [6, 6.07) is 11.8. The lowest BCUT2D eigenvalue weighted by molar-refractivity contribution is -0.137. The lowest BCUT2D eigenvalue weighted by Crippen LogP contribution is -2.14. The highest BCUT2D eigenvalue weighted by Crippen LogP contribution is 2.33. The van der Waals surface area contributed by atoms with Gasteiger partial charge >= 0.3 is 6.18 Å². The third-order valence-corrected chi connectivity index (χ3v) is 4.78. The van der Waals surface area contributed by atoms with Gasteiger partial charge in [0, 0.05) is 0 Å². The van der Waals surface area contributed by atoms with Crippen LogP contribution in [0.3, 0.4) is 0 Å². The molecule has 122 valence electrons. The molecule has 3 heteroatoms. The summed E-state index contributed by atoms with van der Waals surface area (Å²) in [6.07, 6.45) is 1.66. The van der Waals surface area contributed by atoms with Gasteiger partial charge in [0.2, 0.25) is 0 Å². The van der Waals surface area contributed by atoms with Crippen LogP contribution in [0.5, 0.6) is 0 Å². The molecule has 1 unspecified atom stereocenters. The third kappa shape index (κ3) is 3.60. The fourth-order valence-corrected chi connectivity index (χ4v) is 3.52. The van der Waals surface area contributed by atoms with Gasteiger partial charge in [0.25, 0.3) is 0 Å². The van der Waals surface area contributed by atoms with Crippen molar-refractivity contribution in [2.24, 2.45) is 5.92 Å². The first-order chi connectivity index (χ1) is 11.0. The summed E-state index contributed by atoms with van der Waals surface area (Å²) in [7, 11) is 0. The highest BCUT2D eigenvalue weighted by molar-refractivity contribution is 5.65. The zero-order valence-corrected chi connectivity index (χ0v) is 13.3. The molecular weight excluding hydrogens is 297 g/mol. The molecule has 0 bridgehead atoms. The van der Waals surface area contributed by atoms with E-state index in [1.165, 1.54) is 30.4 Å². The Bertz CT molecular complexity index is 668. The molecule has 2 aromatic rings. The summed E-state index contributed by atoms with van der Waals surface area (Å²) in [4.78, 5) is 0. The number of hydrogen-bond acceptors (Lipinski definition) is 0. The van der Waals surface area contributed by atoms with Crippen LogP contribution in [-0.4, -0.2) is 0 Å². The molecule has 0 spiro atoms. The van der Waals surface area contributed by atoms with Crippen molar-refractivity contribution in [2.45, 2.75) is 45.2 Å². The molecule has 0 radical (unpaired) electrons. The number of fused-ring (bicyclic) bond motifs is 1. The zero-order valence-electron chi connectivity index (χ0n) is 13.3. The molecule has 1 aliphatic carbocycles. The summed E-state index contributed by atoms with van der Waals surface area (Å²) >= 11 is 0. The molecule has 0 aromatic heterocycles. The van der Waals surface area contributed by atoms with Crippen molar-refractivity contribution < 1.29 is 13.2 Å². The molecule has 0 saturated carbocycles. The first-order valence-electron chi connectivity index (χ1n) is 8.27. The van der Waals surface area contributed by atoms with E-state index in [0.29, 0.717) is 0 Å². The molecule has 3 rings (SSSR count). The standard InChI is InChI=1S/C20H21F3/c1-2-3-14-4-5-18-13-17(7-6-16(18)12-14)15-8-10-19(11-9-15)20(21,22)23/h6-11,13-14H,2-5,12H2,1H3. The quantitative estimate of drug-likeness (QED) is 0.625. The minimum absolute atomic E-state index is 0.596. The third-order valence-electron chi connectivity index (χ3n) is 4.78. The molecule has 23 heavy (non-hydrogen) atoms. The van der Waals surface area contributed by atoms with Crippen LogP contribution in [0.25, 0.3) is 11.1 Å². The van der Waals surface area contributed by atoms with Crippen molar-refractivity contribution >= 4 is 0 Å². The van der Waals surface area contributed by atoms with E-state index in [1.54, 1.807) is 12.1 Å². The van der Waals surface area contributed by atoms with Crippen LogP contribution in [0.4, 0.5) is 13.2 Å². The summed E-state index contributed by atoms with van der Waals surface area (Å²) in [5.41, 5.74) is 4.02. The normalized spacial score (nSPS) is 17.8. The molecule has 0 heterocycles. The van der Waals surface area contributed by atoms with Gasteiger partial charge in [-0.1, -0.05) is 50.1 Å². The first-order valence-corrected chi connectivity index (χ1v) is 8.27. The van der Waals surface area contributed by atoms with E-state index in [-0.39, 0.29) is 0 Å². The molecule has 0 fully saturated rings. The largest absolute Gasteiger partial charge is 0.416 e. The van der Waals surface area contributed by atoms with Crippen LogP contribution in [-0.2, 0) is 19.0 Å². The molecule has 0 nitrogen and oxygen atoms in total. The van der Waals surface area contributed by atoms with Gasteiger partial charge in [-0.3, -0.25) is 0 Å². The summed E-state index contributed by atoms with van der Waals surface area (Å²) in [5.74, 6) is 0.782. The van der Waals surface area contributed by atoms with Crippen LogP contribution in [0.15, 0.2) is 42.5 Å². The summed E-state index contributed by atoms with van der Waals surface area (Å²) in [5, 5.41) is 0. The van der Waals surface area contributed by atoms with Crippen LogP contribution in [0.2, 0.25) is 0 Å². The van der Waals surface area contributed by atoms with Crippen LogP contribution < -0.4 is 0 Å². The van der Waals surface area contributed by atoms with E-state index in [4.69, 9.17) is 0 Å². The van der Waals surface area contributed by atoms with Gasteiger partial charge in [-0.15, -0.1) is 0 Å². The number of rotatable bonds is 3. The van der Waals surface area contributed by atoms with E-state index >= 15 is 0 Å². The topological polar surface area (TPSA) is 0 Å². The molecule has 0 amide bonds. The predicted molar refractivity (Wildman–Crippen MR) is 87.3 cm³/mol. The molecule has 2 aromatic carbocycles. The molecule has 1 aliphatic rings. The number of halogens is 3. The number of aryl methyl sites for hydroxylation is 1. The van der Waals surface area contributed by atoms with Gasteiger partial charge in [0.15, 0.2) is 0 Å². The second kappa shape index (κ2) is 6.38. The van der Waals surface area contributed by atoms with E-state index in [2.05, 4.69) is 19.1 Å². The smallest absolute Gasteiger partial charge is 0.166 e. The lowest BCUT2D eigenvalue weighted by Gasteiger charge is -2.25. The van der Waals surface area contributed by atoms with Crippen molar-refractivity contribution in [1.82, 2.24) is 0 Å². The molecule has 0 N–H and O–H groups in total. The lowest BCUT2D eigenvalue weighted by atomic mass is 9.81. The Balaban J connectivity index is 1.82. The van der Waals surface area contributed by atoms with Gasteiger partial charge in [-0.05, 0) is 59.6 Å². The Morgan fingerprint density at radius 2 is 1.65 bits per heavy atom. The minimum atomic E-state index is -4.28. The average molecular weight is 318 g/mol. The predicted octanol–water partition coefficient (Wildman–Crippen LogP) is 6.28.